The number of hydrogen-bond acceptors (Lipinski definition) is 2. The van der Waals surface area contributed by atoms with E-state index in [1.165, 1.54) is 37.8 Å². The molecule has 17 heavy (non-hydrogen) atoms. The third-order valence-electron chi connectivity index (χ3n) is 4.00. The van der Waals surface area contributed by atoms with Crippen LogP contribution in [0.15, 0.2) is 12.4 Å². The lowest BCUT2D eigenvalue weighted by Gasteiger charge is -2.18. The molecule has 1 aromatic rings. The van der Waals surface area contributed by atoms with Gasteiger partial charge in [-0.15, -0.1) is 0 Å². The molecule has 96 valence electrons. The van der Waals surface area contributed by atoms with Gasteiger partial charge >= 0.3 is 0 Å². The predicted molar refractivity (Wildman–Crippen MR) is 70.9 cm³/mol. The van der Waals surface area contributed by atoms with E-state index in [9.17, 15) is 0 Å². The molecular weight excluding hydrogens is 210 g/mol. The highest BCUT2D eigenvalue weighted by atomic mass is 15.3. The number of aryl methyl sites for hydroxylation is 1. The monoisotopic (exact) mass is 235 g/mol. The third-order valence-corrected chi connectivity index (χ3v) is 4.00. The second-order valence-corrected chi connectivity index (χ2v) is 5.48. The second-order valence-electron chi connectivity index (χ2n) is 5.48. The molecule has 2 rings (SSSR count). The first kappa shape index (κ1) is 12.6. The predicted octanol–water partition coefficient (Wildman–Crippen LogP) is 3.13. The van der Waals surface area contributed by atoms with E-state index in [2.05, 4.69) is 37.4 Å². The van der Waals surface area contributed by atoms with Crippen molar-refractivity contribution in [1.82, 2.24) is 15.1 Å². The molecule has 1 aliphatic carbocycles. The minimum atomic E-state index is 0.421. The first-order valence-corrected chi connectivity index (χ1v) is 6.95. The fraction of sp³-hybridized carbons (Fsp3) is 0.786. The van der Waals surface area contributed by atoms with Gasteiger partial charge in [-0.2, -0.15) is 5.10 Å². The summed E-state index contributed by atoms with van der Waals surface area (Å²) in [7, 11) is 0. The van der Waals surface area contributed by atoms with Gasteiger partial charge in [0.1, 0.15) is 0 Å². The highest BCUT2D eigenvalue weighted by molar-refractivity contribution is 5.09. The molecule has 1 heterocycles. The maximum Gasteiger partial charge on any atom is 0.0537 e. The minimum Gasteiger partial charge on any atom is -0.310 e. The van der Waals surface area contributed by atoms with Gasteiger partial charge in [0.25, 0.3) is 0 Å². The highest BCUT2D eigenvalue weighted by Gasteiger charge is 2.41. The smallest absolute Gasteiger partial charge is 0.0537 e. The number of nitrogens with zero attached hydrogens (tertiary/aromatic N) is 2. The molecule has 1 aromatic heterocycles. The Labute approximate surface area is 105 Å². The Balaban J connectivity index is 1.82. The molecule has 1 unspecified atom stereocenters. The summed E-state index contributed by atoms with van der Waals surface area (Å²) in [6, 6.07) is 0.421. The zero-order valence-electron chi connectivity index (χ0n) is 11.4. The molecule has 1 atom stereocenters. The van der Waals surface area contributed by atoms with Gasteiger partial charge in [-0.1, -0.05) is 13.3 Å². The zero-order valence-corrected chi connectivity index (χ0v) is 11.4. The fourth-order valence-electron chi connectivity index (χ4n) is 2.49. The molecule has 0 aromatic carbocycles. The summed E-state index contributed by atoms with van der Waals surface area (Å²) >= 11 is 0. The zero-order chi connectivity index (χ0) is 12.3. The van der Waals surface area contributed by atoms with E-state index < -0.39 is 0 Å². The van der Waals surface area contributed by atoms with Gasteiger partial charge in [-0.25, -0.2) is 0 Å². The fourth-order valence-corrected chi connectivity index (χ4v) is 2.49. The largest absolute Gasteiger partial charge is 0.310 e. The molecule has 1 fully saturated rings. The van der Waals surface area contributed by atoms with Crippen LogP contribution in [-0.2, 0) is 6.54 Å². The van der Waals surface area contributed by atoms with E-state index in [0.717, 1.165) is 6.54 Å². The van der Waals surface area contributed by atoms with E-state index in [0.29, 0.717) is 11.5 Å². The van der Waals surface area contributed by atoms with E-state index in [-0.39, 0.29) is 0 Å². The van der Waals surface area contributed by atoms with Crippen LogP contribution < -0.4 is 5.32 Å². The Hall–Kier alpha value is -0.830. The summed E-state index contributed by atoms with van der Waals surface area (Å²) in [6.07, 6.45) is 9.64. The first-order valence-electron chi connectivity index (χ1n) is 6.95. The molecule has 0 amide bonds. The Morgan fingerprint density at radius 2 is 2.24 bits per heavy atom. The number of aromatic nitrogens is 2. The van der Waals surface area contributed by atoms with Crippen LogP contribution >= 0.6 is 0 Å². The van der Waals surface area contributed by atoms with Crippen molar-refractivity contribution in [2.24, 2.45) is 5.41 Å². The van der Waals surface area contributed by atoms with Crippen molar-refractivity contribution < 1.29 is 0 Å². The Morgan fingerprint density at radius 1 is 1.47 bits per heavy atom. The van der Waals surface area contributed by atoms with Crippen LogP contribution in [0.1, 0.15) is 58.1 Å². The summed E-state index contributed by atoms with van der Waals surface area (Å²) in [6.45, 7) is 8.76. The van der Waals surface area contributed by atoms with Crippen molar-refractivity contribution in [2.75, 3.05) is 6.54 Å². The maximum atomic E-state index is 4.33. The SMILES string of the molecule is CCCC1(CNC(C)c2cnn(CC)c2)CC1. The minimum absolute atomic E-state index is 0.421. The van der Waals surface area contributed by atoms with Crippen LogP contribution in [0.4, 0.5) is 0 Å². The lowest BCUT2D eigenvalue weighted by Crippen LogP contribution is -2.26. The lowest BCUT2D eigenvalue weighted by molar-refractivity contribution is 0.397. The van der Waals surface area contributed by atoms with Gasteiger partial charge < -0.3 is 5.32 Å². The average Bonchev–Trinajstić information content (AvgIpc) is 2.93. The van der Waals surface area contributed by atoms with Gasteiger partial charge in [0.2, 0.25) is 0 Å². The molecule has 1 N–H and O–H groups in total. The normalized spacial score (nSPS) is 19.2. The van der Waals surface area contributed by atoms with Crippen LogP contribution in [0.5, 0.6) is 0 Å². The lowest BCUT2D eigenvalue weighted by atomic mass is 10.00. The van der Waals surface area contributed by atoms with E-state index >= 15 is 0 Å². The molecule has 0 spiro atoms. The van der Waals surface area contributed by atoms with Crippen LogP contribution in [-0.4, -0.2) is 16.3 Å². The second kappa shape index (κ2) is 5.21. The van der Waals surface area contributed by atoms with Crippen molar-refractivity contribution in [3.63, 3.8) is 0 Å². The molecule has 0 aliphatic heterocycles. The van der Waals surface area contributed by atoms with Crippen molar-refractivity contribution in [2.45, 2.75) is 59.0 Å². The first-order chi connectivity index (χ1) is 8.19. The van der Waals surface area contributed by atoms with Crippen LogP contribution in [0.2, 0.25) is 0 Å². The Morgan fingerprint density at radius 3 is 2.76 bits per heavy atom. The summed E-state index contributed by atoms with van der Waals surface area (Å²) in [5.41, 5.74) is 1.93. The quantitative estimate of drug-likeness (QED) is 0.787. The van der Waals surface area contributed by atoms with Gasteiger partial charge in [0.15, 0.2) is 0 Å². The Kier molecular flexibility index (Phi) is 3.87. The molecule has 3 heteroatoms. The van der Waals surface area contributed by atoms with E-state index in [1.54, 1.807) is 0 Å². The topological polar surface area (TPSA) is 29.9 Å². The summed E-state index contributed by atoms with van der Waals surface area (Å²) in [5, 5.41) is 8.00. The van der Waals surface area contributed by atoms with E-state index in [4.69, 9.17) is 0 Å². The van der Waals surface area contributed by atoms with Crippen molar-refractivity contribution in [3.05, 3.63) is 18.0 Å². The van der Waals surface area contributed by atoms with Gasteiger partial charge in [0.05, 0.1) is 6.20 Å². The Bertz CT molecular complexity index is 352. The molecular formula is C14H25N3. The third kappa shape index (κ3) is 3.09. The van der Waals surface area contributed by atoms with Crippen molar-refractivity contribution in [1.29, 1.82) is 0 Å². The average molecular weight is 235 g/mol. The molecule has 0 bridgehead atoms. The van der Waals surface area contributed by atoms with Gasteiger partial charge in [0, 0.05) is 30.9 Å². The summed E-state index contributed by atoms with van der Waals surface area (Å²) in [4.78, 5) is 0. The number of rotatable bonds is 7. The van der Waals surface area contributed by atoms with Crippen LogP contribution in [0.3, 0.4) is 0 Å². The van der Waals surface area contributed by atoms with Crippen LogP contribution in [0, 0.1) is 5.41 Å². The number of hydrogen-bond donors (Lipinski definition) is 1. The van der Waals surface area contributed by atoms with Gasteiger partial charge in [-0.05, 0) is 38.5 Å². The molecule has 3 nitrogen and oxygen atoms in total. The number of nitrogens with one attached hydrogen (secondary N) is 1. The summed E-state index contributed by atoms with van der Waals surface area (Å²) in [5.74, 6) is 0. The highest BCUT2D eigenvalue weighted by Crippen LogP contribution is 2.49. The van der Waals surface area contributed by atoms with Crippen molar-refractivity contribution >= 4 is 0 Å². The summed E-state index contributed by atoms with van der Waals surface area (Å²) < 4.78 is 1.99. The maximum absolute atomic E-state index is 4.33. The van der Waals surface area contributed by atoms with Crippen LogP contribution in [0.25, 0.3) is 0 Å². The van der Waals surface area contributed by atoms with E-state index in [1.807, 2.05) is 10.9 Å². The molecule has 0 radical (unpaired) electrons. The molecule has 0 saturated heterocycles. The molecule has 1 saturated carbocycles. The van der Waals surface area contributed by atoms with Gasteiger partial charge in [-0.3, -0.25) is 4.68 Å². The van der Waals surface area contributed by atoms with Crippen molar-refractivity contribution in [3.8, 4) is 0 Å². The standard InChI is InChI=1S/C14H25N3/c1-4-6-14(7-8-14)11-15-12(3)13-9-16-17(5-2)10-13/h9-10,12,15H,4-8,11H2,1-3H3. The molecule has 1 aliphatic rings.